The third-order valence-corrected chi connectivity index (χ3v) is 4.20. The second-order valence-corrected chi connectivity index (χ2v) is 6.28. The number of amides is 2. The fraction of sp³-hybridized carbons (Fsp3) is 0.235. The van der Waals surface area contributed by atoms with Gasteiger partial charge in [0, 0.05) is 24.2 Å². The fourth-order valence-corrected chi connectivity index (χ4v) is 2.73. The SMILES string of the molecule is O=C(CCCC(=O)c1cccs1)Nc1ccc(NC(=O)C(F)(F)F)cc1. The lowest BCUT2D eigenvalue weighted by atomic mass is 10.1. The first-order chi connectivity index (χ1) is 12.3. The van der Waals surface area contributed by atoms with E-state index < -0.39 is 12.1 Å². The average Bonchev–Trinajstić information content (AvgIpc) is 3.10. The van der Waals surface area contributed by atoms with Gasteiger partial charge in [-0.3, -0.25) is 14.4 Å². The monoisotopic (exact) mass is 384 g/mol. The van der Waals surface area contributed by atoms with Crippen molar-refractivity contribution in [2.75, 3.05) is 10.6 Å². The van der Waals surface area contributed by atoms with Crippen molar-refractivity contribution in [1.29, 1.82) is 0 Å². The fourth-order valence-electron chi connectivity index (χ4n) is 2.03. The van der Waals surface area contributed by atoms with E-state index in [2.05, 4.69) is 5.32 Å². The van der Waals surface area contributed by atoms with Crippen LogP contribution in [0.25, 0.3) is 0 Å². The Balaban J connectivity index is 1.76. The van der Waals surface area contributed by atoms with Gasteiger partial charge in [-0.1, -0.05) is 6.07 Å². The van der Waals surface area contributed by atoms with Crippen molar-refractivity contribution in [3.63, 3.8) is 0 Å². The third kappa shape index (κ3) is 5.99. The molecule has 1 heterocycles. The molecule has 1 aromatic carbocycles. The highest BCUT2D eigenvalue weighted by molar-refractivity contribution is 7.12. The molecule has 0 saturated heterocycles. The maximum atomic E-state index is 12.2. The molecule has 0 radical (unpaired) electrons. The van der Waals surface area contributed by atoms with E-state index in [1.807, 2.05) is 0 Å². The van der Waals surface area contributed by atoms with Crippen LogP contribution in [0.4, 0.5) is 24.5 Å². The minimum absolute atomic E-state index is 0.0161. The Bertz CT molecular complexity index is 772. The third-order valence-electron chi connectivity index (χ3n) is 3.29. The maximum absolute atomic E-state index is 12.2. The van der Waals surface area contributed by atoms with Gasteiger partial charge in [0.2, 0.25) is 5.91 Å². The number of carbonyl (C=O) groups excluding carboxylic acids is 3. The molecule has 2 amide bonds. The molecule has 0 unspecified atom stereocenters. The van der Waals surface area contributed by atoms with E-state index in [1.54, 1.807) is 22.8 Å². The molecule has 0 bridgehead atoms. The molecular weight excluding hydrogens is 369 g/mol. The van der Waals surface area contributed by atoms with Crippen LogP contribution in [0, 0.1) is 0 Å². The van der Waals surface area contributed by atoms with Crippen molar-refractivity contribution < 1.29 is 27.6 Å². The molecule has 2 rings (SSSR count). The molecule has 0 aliphatic heterocycles. The largest absolute Gasteiger partial charge is 0.471 e. The number of rotatable bonds is 7. The molecule has 0 spiro atoms. The van der Waals surface area contributed by atoms with E-state index in [9.17, 15) is 27.6 Å². The summed E-state index contributed by atoms with van der Waals surface area (Å²) in [5, 5.41) is 6.09. The number of benzene rings is 1. The summed E-state index contributed by atoms with van der Waals surface area (Å²) in [6, 6.07) is 8.76. The summed E-state index contributed by atoms with van der Waals surface area (Å²) >= 11 is 1.35. The number of Topliss-reactive ketones (excluding diaryl/α,β-unsaturated/α-hetero) is 1. The van der Waals surface area contributed by atoms with Gasteiger partial charge in [0.05, 0.1) is 4.88 Å². The average molecular weight is 384 g/mol. The first kappa shape index (κ1) is 19.6. The van der Waals surface area contributed by atoms with Crippen LogP contribution < -0.4 is 10.6 Å². The van der Waals surface area contributed by atoms with Crippen LogP contribution in [-0.4, -0.2) is 23.8 Å². The Labute approximate surface area is 151 Å². The molecule has 0 saturated carbocycles. The highest BCUT2D eigenvalue weighted by Gasteiger charge is 2.38. The summed E-state index contributed by atoms with van der Waals surface area (Å²) < 4.78 is 36.5. The molecule has 5 nitrogen and oxygen atoms in total. The number of carbonyl (C=O) groups is 3. The van der Waals surface area contributed by atoms with Crippen LogP contribution in [0.5, 0.6) is 0 Å². The van der Waals surface area contributed by atoms with Crippen molar-refractivity contribution in [2.45, 2.75) is 25.4 Å². The molecule has 0 aliphatic rings. The molecule has 1 aromatic heterocycles. The second kappa shape index (κ2) is 8.61. The van der Waals surface area contributed by atoms with Gasteiger partial charge in [0.1, 0.15) is 0 Å². The van der Waals surface area contributed by atoms with Gasteiger partial charge in [-0.25, -0.2) is 0 Å². The summed E-state index contributed by atoms with van der Waals surface area (Å²) in [4.78, 5) is 35.1. The number of halogens is 3. The Morgan fingerprint density at radius 1 is 0.923 bits per heavy atom. The molecule has 9 heteroatoms. The van der Waals surface area contributed by atoms with Gasteiger partial charge >= 0.3 is 12.1 Å². The standard InChI is InChI=1S/C17H15F3N2O3S/c18-17(19,20)16(25)22-12-8-6-11(7-9-12)21-15(24)5-1-3-13(23)14-4-2-10-26-14/h2,4,6-10H,1,3,5H2,(H,21,24)(H,22,25). The Hall–Kier alpha value is -2.68. The summed E-state index contributed by atoms with van der Waals surface area (Å²) in [6.07, 6.45) is -4.17. The Morgan fingerprint density at radius 2 is 1.54 bits per heavy atom. The minimum atomic E-state index is -4.96. The Morgan fingerprint density at radius 3 is 2.08 bits per heavy atom. The second-order valence-electron chi connectivity index (χ2n) is 5.33. The van der Waals surface area contributed by atoms with Crippen molar-refractivity contribution in [2.24, 2.45) is 0 Å². The van der Waals surface area contributed by atoms with Crippen LogP contribution in [0.3, 0.4) is 0 Å². The minimum Gasteiger partial charge on any atom is -0.326 e. The molecule has 0 fully saturated rings. The van der Waals surface area contributed by atoms with Crippen LogP contribution in [-0.2, 0) is 9.59 Å². The quantitative estimate of drug-likeness (QED) is 0.701. The van der Waals surface area contributed by atoms with Crippen molar-refractivity contribution in [3.8, 4) is 0 Å². The summed E-state index contributed by atoms with van der Waals surface area (Å²) in [5.74, 6) is -2.39. The zero-order chi connectivity index (χ0) is 19.2. The molecule has 0 atom stereocenters. The van der Waals surface area contributed by atoms with Gasteiger partial charge in [-0.15, -0.1) is 11.3 Å². The van der Waals surface area contributed by atoms with E-state index in [4.69, 9.17) is 0 Å². The number of hydrogen-bond donors (Lipinski definition) is 2. The Kier molecular flexibility index (Phi) is 6.51. The lowest BCUT2D eigenvalue weighted by Crippen LogP contribution is -2.29. The normalized spacial score (nSPS) is 11.0. The molecule has 2 aromatic rings. The first-order valence-corrected chi connectivity index (χ1v) is 8.48. The van der Waals surface area contributed by atoms with E-state index in [1.165, 1.54) is 35.6 Å². The molecule has 138 valence electrons. The van der Waals surface area contributed by atoms with E-state index in [0.29, 0.717) is 17.0 Å². The number of alkyl halides is 3. The maximum Gasteiger partial charge on any atom is 0.471 e. The first-order valence-electron chi connectivity index (χ1n) is 7.60. The predicted molar refractivity (Wildman–Crippen MR) is 92.3 cm³/mol. The summed E-state index contributed by atoms with van der Waals surface area (Å²) in [5.41, 5.74) is 0.344. The van der Waals surface area contributed by atoms with Crippen LogP contribution in [0.15, 0.2) is 41.8 Å². The highest BCUT2D eigenvalue weighted by atomic mass is 32.1. The molecule has 26 heavy (non-hydrogen) atoms. The van der Waals surface area contributed by atoms with Gasteiger partial charge in [-0.2, -0.15) is 13.2 Å². The van der Waals surface area contributed by atoms with Gasteiger partial charge in [-0.05, 0) is 42.1 Å². The lowest BCUT2D eigenvalue weighted by Gasteiger charge is -2.09. The summed E-state index contributed by atoms with van der Waals surface area (Å²) in [7, 11) is 0. The van der Waals surface area contributed by atoms with E-state index in [-0.39, 0.29) is 30.2 Å². The van der Waals surface area contributed by atoms with Gasteiger partial charge in [0.15, 0.2) is 5.78 Å². The zero-order valence-corrected chi connectivity index (χ0v) is 14.2. The van der Waals surface area contributed by atoms with Crippen LogP contribution >= 0.6 is 11.3 Å². The number of anilines is 2. The molecule has 2 N–H and O–H groups in total. The van der Waals surface area contributed by atoms with Crippen LogP contribution in [0.2, 0.25) is 0 Å². The predicted octanol–water partition coefficient (Wildman–Crippen LogP) is 4.24. The van der Waals surface area contributed by atoms with Crippen LogP contribution in [0.1, 0.15) is 28.9 Å². The van der Waals surface area contributed by atoms with Gasteiger partial charge in [0.25, 0.3) is 0 Å². The van der Waals surface area contributed by atoms with Gasteiger partial charge < -0.3 is 10.6 Å². The number of ketones is 1. The molecule has 0 aliphatic carbocycles. The number of nitrogens with one attached hydrogen (secondary N) is 2. The number of hydrogen-bond acceptors (Lipinski definition) is 4. The zero-order valence-electron chi connectivity index (χ0n) is 13.4. The topological polar surface area (TPSA) is 75.3 Å². The number of thiophene rings is 1. The van der Waals surface area contributed by atoms with Crippen molar-refractivity contribution >= 4 is 40.3 Å². The highest BCUT2D eigenvalue weighted by Crippen LogP contribution is 2.20. The van der Waals surface area contributed by atoms with Crippen molar-refractivity contribution in [3.05, 3.63) is 46.7 Å². The lowest BCUT2D eigenvalue weighted by molar-refractivity contribution is -0.167. The van der Waals surface area contributed by atoms with E-state index >= 15 is 0 Å². The van der Waals surface area contributed by atoms with E-state index in [0.717, 1.165) is 0 Å². The molecular formula is C17H15F3N2O3S. The summed E-state index contributed by atoms with van der Waals surface area (Å²) in [6.45, 7) is 0. The van der Waals surface area contributed by atoms with Crippen molar-refractivity contribution in [1.82, 2.24) is 0 Å². The smallest absolute Gasteiger partial charge is 0.326 e.